The summed E-state index contributed by atoms with van der Waals surface area (Å²) in [4.78, 5) is 10.1. The average molecular weight is 794 g/mol. The van der Waals surface area contributed by atoms with Crippen LogP contribution in [0.15, 0.2) is 200 Å². The molecule has 0 atom stereocenters. The minimum atomic E-state index is 0.520. The minimum absolute atomic E-state index is 0.520. The summed E-state index contributed by atoms with van der Waals surface area (Å²) in [5, 5.41) is 11.4. The maximum atomic E-state index is 5.14. The number of benzene rings is 7. The summed E-state index contributed by atoms with van der Waals surface area (Å²) in [6, 6.07) is 45.7. The first kappa shape index (κ1) is 39.7. The van der Waals surface area contributed by atoms with Gasteiger partial charge in [-0.2, -0.15) is 0 Å². The maximum absolute atomic E-state index is 5.14. The first-order valence-electron chi connectivity index (χ1n) is 20.3. The second-order valence-corrected chi connectivity index (χ2v) is 15.4. The summed E-state index contributed by atoms with van der Waals surface area (Å²) in [7, 11) is 0. The Morgan fingerprint density at radius 1 is 0.650 bits per heavy atom. The van der Waals surface area contributed by atoms with Crippen molar-refractivity contribution in [2.45, 2.75) is 20.8 Å². The molecule has 0 aliphatic heterocycles. The molecule has 0 amide bonds. The second kappa shape index (κ2) is 17.4. The number of nitrogens with zero attached hydrogens (tertiary/aromatic N) is 3. The summed E-state index contributed by atoms with van der Waals surface area (Å²) in [6.07, 6.45) is 14.2. The van der Waals surface area contributed by atoms with Gasteiger partial charge in [0.25, 0.3) is 0 Å². The molecule has 60 heavy (non-hydrogen) atoms. The molecule has 0 spiro atoms. The smallest absolute Gasteiger partial charge is 0.155 e. The second-order valence-electron chi connectivity index (χ2n) is 14.4. The number of hydrogen-bond acceptors (Lipinski definition) is 2. The highest BCUT2D eigenvalue weighted by molar-refractivity contribution is 7.28. The van der Waals surface area contributed by atoms with Gasteiger partial charge in [0.05, 0.1) is 17.8 Å². The zero-order valence-electron chi connectivity index (χ0n) is 34.5. The van der Waals surface area contributed by atoms with Crippen molar-refractivity contribution in [3.63, 3.8) is 0 Å². The SMILES string of the molecule is C=C.C=C/C=C\C(=C/C)CN=C(N=C(C)c1ccc(-n2c(/C=C\C)c(C=C)c3c4ccccc4c4sc5c6ccccc6c6ccccc6c5c4c32)cc1)c1ccccc1. The van der Waals surface area contributed by atoms with Crippen molar-refractivity contribution in [3.05, 3.63) is 212 Å². The van der Waals surface area contributed by atoms with Crippen LogP contribution in [0.3, 0.4) is 0 Å². The monoisotopic (exact) mass is 793 g/mol. The Bertz CT molecular complexity index is 3260. The van der Waals surface area contributed by atoms with Gasteiger partial charge in [-0.15, -0.1) is 24.5 Å². The number of allylic oxidation sites excluding steroid dienone is 4. The summed E-state index contributed by atoms with van der Waals surface area (Å²) < 4.78 is 5.08. The van der Waals surface area contributed by atoms with Gasteiger partial charge in [-0.3, -0.25) is 4.99 Å². The van der Waals surface area contributed by atoms with Gasteiger partial charge in [0.15, 0.2) is 5.84 Å². The average Bonchev–Trinajstić information content (AvgIpc) is 3.87. The lowest BCUT2D eigenvalue weighted by atomic mass is 9.94. The maximum Gasteiger partial charge on any atom is 0.155 e. The molecular formula is C56H47N3S. The van der Waals surface area contributed by atoms with Crippen LogP contribution >= 0.6 is 11.3 Å². The first-order valence-corrected chi connectivity index (χ1v) is 21.1. The molecule has 7 aromatic carbocycles. The van der Waals surface area contributed by atoms with E-state index < -0.39 is 0 Å². The number of rotatable bonds is 9. The van der Waals surface area contributed by atoms with Crippen LogP contribution in [0.2, 0.25) is 0 Å². The molecule has 0 radical (unpaired) electrons. The zero-order chi connectivity index (χ0) is 41.8. The molecule has 3 nitrogen and oxygen atoms in total. The van der Waals surface area contributed by atoms with Crippen molar-refractivity contribution in [2.24, 2.45) is 9.98 Å². The van der Waals surface area contributed by atoms with Crippen LogP contribution in [0, 0.1) is 0 Å². The van der Waals surface area contributed by atoms with Gasteiger partial charge < -0.3 is 4.57 Å². The molecule has 9 rings (SSSR count). The van der Waals surface area contributed by atoms with Crippen LogP contribution in [-0.4, -0.2) is 22.7 Å². The van der Waals surface area contributed by atoms with Crippen molar-refractivity contribution in [2.75, 3.05) is 6.54 Å². The molecule has 0 bridgehead atoms. The van der Waals surface area contributed by atoms with Gasteiger partial charge in [0, 0.05) is 58.9 Å². The Kier molecular flexibility index (Phi) is 11.5. The third-order valence-electron chi connectivity index (χ3n) is 11.1. The molecular weight excluding hydrogens is 747 g/mol. The number of aliphatic imine (C=N–C) groups is 2. The van der Waals surface area contributed by atoms with Gasteiger partial charge in [0.2, 0.25) is 0 Å². The Balaban J connectivity index is 0.00000246. The van der Waals surface area contributed by atoms with E-state index in [9.17, 15) is 0 Å². The molecule has 0 unspecified atom stereocenters. The molecule has 2 aromatic heterocycles. The lowest BCUT2D eigenvalue weighted by Crippen LogP contribution is -2.05. The lowest BCUT2D eigenvalue weighted by molar-refractivity contribution is 1.11. The van der Waals surface area contributed by atoms with E-state index >= 15 is 0 Å². The fourth-order valence-electron chi connectivity index (χ4n) is 8.41. The van der Waals surface area contributed by atoms with Crippen molar-refractivity contribution in [1.82, 2.24) is 4.57 Å². The molecule has 2 heterocycles. The summed E-state index contributed by atoms with van der Waals surface area (Å²) >= 11 is 1.92. The Labute approximate surface area is 356 Å². The predicted octanol–water partition coefficient (Wildman–Crippen LogP) is 15.9. The van der Waals surface area contributed by atoms with E-state index in [1.54, 1.807) is 6.08 Å². The summed E-state index contributed by atoms with van der Waals surface area (Å²) in [6.45, 7) is 20.9. The summed E-state index contributed by atoms with van der Waals surface area (Å²) in [5.74, 6) is 0.703. The van der Waals surface area contributed by atoms with E-state index in [0.717, 1.165) is 39.4 Å². The normalized spacial score (nSPS) is 12.8. The third kappa shape index (κ3) is 6.85. The van der Waals surface area contributed by atoms with E-state index in [4.69, 9.17) is 9.98 Å². The van der Waals surface area contributed by atoms with Crippen molar-refractivity contribution in [3.8, 4) is 5.69 Å². The molecule has 4 heteroatoms. The molecule has 292 valence electrons. The van der Waals surface area contributed by atoms with Crippen LogP contribution in [0.5, 0.6) is 0 Å². The minimum Gasteiger partial charge on any atom is -0.309 e. The standard InChI is InChI=1S/C54H43N3S.C2H4/c1-6-10-21-36(8-3)34-55-54(38-22-12-11-13-23-38)56-35(5)37-30-32-39(33-31-37)57-47(20-7-2)40(9-4)48-44-27-17-19-29-46(44)53-50(51(48)57)49-43-26-16-14-24-41(43)42-25-15-18-28-45(42)52(49)58-53;1-2/h6-33H,1,4,34H2,2-3,5H3;1-2H2/b20-7-,21-10-,36-8+,55-54?,56-35?;. The van der Waals surface area contributed by atoms with Gasteiger partial charge in [-0.25, -0.2) is 4.99 Å². The summed E-state index contributed by atoms with van der Waals surface area (Å²) in [5.41, 5.74) is 8.52. The Morgan fingerprint density at radius 2 is 1.22 bits per heavy atom. The van der Waals surface area contributed by atoms with E-state index in [-0.39, 0.29) is 0 Å². The van der Waals surface area contributed by atoms with E-state index in [2.05, 4.69) is 172 Å². The van der Waals surface area contributed by atoms with E-state index in [0.29, 0.717) is 12.4 Å². The Hall–Kier alpha value is -7.14. The molecule has 0 aliphatic carbocycles. The number of fused-ring (bicyclic) bond motifs is 13. The lowest BCUT2D eigenvalue weighted by Gasteiger charge is -2.13. The van der Waals surface area contributed by atoms with Gasteiger partial charge in [-0.05, 0) is 71.7 Å². The molecule has 9 aromatic rings. The van der Waals surface area contributed by atoms with Crippen LogP contribution in [0.1, 0.15) is 43.2 Å². The van der Waals surface area contributed by atoms with Crippen LogP contribution < -0.4 is 0 Å². The quantitative estimate of drug-likeness (QED) is 0.0458. The highest BCUT2D eigenvalue weighted by atomic mass is 32.1. The van der Waals surface area contributed by atoms with Crippen LogP contribution in [0.4, 0.5) is 0 Å². The largest absolute Gasteiger partial charge is 0.309 e. The Morgan fingerprint density at radius 3 is 1.83 bits per heavy atom. The third-order valence-corrected chi connectivity index (χ3v) is 12.4. The predicted molar refractivity (Wildman–Crippen MR) is 268 cm³/mol. The number of hydrogen-bond donors (Lipinski definition) is 0. The van der Waals surface area contributed by atoms with Gasteiger partial charge in [-0.1, -0.05) is 165 Å². The van der Waals surface area contributed by atoms with E-state index in [1.807, 2.05) is 54.7 Å². The fraction of sp³-hybridized carbons (Fsp3) is 0.0714. The van der Waals surface area contributed by atoms with Crippen LogP contribution in [0.25, 0.3) is 81.2 Å². The highest BCUT2D eigenvalue weighted by Crippen LogP contribution is 2.51. The molecule has 0 fully saturated rings. The number of aromatic nitrogens is 1. The highest BCUT2D eigenvalue weighted by Gasteiger charge is 2.25. The number of thiophene rings is 1. The van der Waals surface area contributed by atoms with Crippen molar-refractivity contribution in [1.29, 1.82) is 0 Å². The first-order chi connectivity index (χ1) is 29.6. The zero-order valence-corrected chi connectivity index (χ0v) is 35.3. The van der Waals surface area contributed by atoms with Crippen molar-refractivity contribution < 1.29 is 0 Å². The molecule has 0 saturated heterocycles. The molecule has 0 aliphatic rings. The van der Waals surface area contributed by atoms with Gasteiger partial charge >= 0.3 is 0 Å². The number of amidine groups is 1. The molecule has 0 saturated carbocycles. The van der Waals surface area contributed by atoms with Crippen LogP contribution in [-0.2, 0) is 0 Å². The van der Waals surface area contributed by atoms with E-state index in [1.165, 1.54) is 63.4 Å². The topological polar surface area (TPSA) is 29.6 Å². The van der Waals surface area contributed by atoms with Crippen molar-refractivity contribution >= 4 is 98.4 Å². The van der Waals surface area contributed by atoms with Gasteiger partial charge in [0.1, 0.15) is 0 Å². The fourth-order valence-corrected chi connectivity index (χ4v) is 9.81. The molecule has 0 N–H and O–H groups in total.